The molecule has 1 aromatic carbocycles. The number of nitrogens with zero attached hydrogens (tertiary/aromatic N) is 1. The van der Waals surface area contributed by atoms with Crippen LogP contribution >= 0.6 is 0 Å². The molecule has 0 bridgehead atoms. The molecule has 0 radical (unpaired) electrons. The lowest BCUT2D eigenvalue weighted by Gasteiger charge is -2.37. The molecule has 1 aliphatic rings. The van der Waals surface area contributed by atoms with Gasteiger partial charge in [-0.3, -0.25) is 4.79 Å². The molecule has 0 unspecified atom stereocenters. The van der Waals surface area contributed by atoms with Crippen molar-refractivity contribution >= 4 is 5.91 Å². The highest BCUT2D eigenvalue weighted by molar-refractivity contribution is 5.77. The fourth-order valence-electron chi connectivity index (χ4n) is 3.13. The van der Waals surface area contributed by atoms with E-state index >= 15 is 0 Å². The third kappa shape index (κ3) is 3.60. The van der Waals surface area contributed by atoms with Gasteiger partial charge in [0.2, 0.25) is 5.91 Å². The SMILES string of the molecule is CC[C@H](CC(=O)N1CC[C@H](N)C[C@H]1C)c1ccccc1. The number of piperidine rings is 1. The van der Waals surface area contributed by atoms with E-state index in [4.69, 9.17) is 5.73 Å². The van der Waals surface area contributed by atoms with Crippen molar-refractivity contribution in [3.63, 3.8) is 0 Å². The lowest BCUT2D eigenvalue weighted by molar-refractivity contribution is -0.135. The Morgan fingerprint density at radius 3 is 2.70 bits per heavy atom. The second kappa shape index (κ2) is 6.89. The molecule has 1 fully saturated rings. The second-order valence-corrected chi connectivity index (χ2v) is 5.94. The van der Waals surface area contributed by atoms with Gasteiger partial charge < -0.3 is 10.6 Å². The average Bonchev–Trinajstić information content (AvgIpc) is 2.45. The summed E-state index contributed by atoms with van der Waals surface area (Å²) in [6.07, 6.45) is 3.46. The minimum absolute atomic E-state index is 0.255. The van der Waals surface area contributed by atoms with Gasteiger partial charge in [-0.2, -0.15) is 0 Å². The van der Waals surface area contributed by atoms with Crippen LogP contribution in [0, 0.1) is 0 Å². The monoisotopic (exact) mass is 274 g/mol. The second-order valence-electron chi connectivity index (χ2n) is 5.94. The van der Waals surface area contributed by atoms with Gasteiger partial charge in [0.15, 0.2) is 0 Å². The van der Waals surface area contributed by atoms with E-state index in [0.717, 1.165) is 25.8 Å². The van der Waals surface area contributed by atoms with E-state index in [0.29, 0.717) is 12.3 Å². The predicted octanol–water partition coefficient (Wildman–Crippen LogP) is 2.91. The molecule has 1 saturated heterocycles. The lowest BCUT2D eigenvalue weighted by atomic mass is 9.91. The van der Waals surface area contributed by atoms with Gasteiger partial charge in [-0.1, -0.05) is 37.3 Å². The summed E-state index contributed by atoms with van der Waals surface area (Å²) in [5.74, 6) is 0.603. The van der Waals surface area contributed by atoms with Crippen molar-refractivity contribution in [1.82, 2.24) is 4.90 Å². The first-order valence-corrected chi connectivity index (χ1v) is 7.71. The van der Waals surface area contributed by atoms with Crippen molar-refractivity contribution in [2.45, 2.75) is 57.5 Å². The van der Waals surface area contributed by atoms with Crippen LogP contribution in [0.4, 0.5) is 0 Å². The molecular formula is C17H26N2O. The Morgan fingerprint density at radius 2 is 2.10 bits per heavy atom. The minimum Gasteiger partial charge on any atom is -0.340 e. The van der Waals surface area contributed by atoms with Gasteiger partial charge >= 0.3 is 0 Å². The number of carbonyl (C=O) groups is 1. The number of amides is 1. The van der Waals surface area contributed by atoms with Gasteiger partial charge in [0.05, 0.1) is 0 Å². The van der Waals surface area contributed by atoms with Crippen LogP contribution in [0.2, 0.25) is 0 Å². The fraction of sp³-hybridized carbons (Fsp3) is 0.588. The minimum atomic E-state index is 0.255. The molecule has 0 saturated carbocycles. The van der Waals surface area contributed by atoms with E-state index in [-0.39, 0.29) is 18.0 Å². The van der Waals surface area contributed by atoms with E-state index in [1.807, 2.05) is 23.1 Å². The molecule has 1 aliphatic heterocycles. The molecule has 110 valence electrons. The maximum atomic E-state index is 12.5. The van der Waals surface area contributed by atoms with Crippen LogP contribution in [0.1, 0.15) is 51.0 Å². The smallest absolute Gasteiger partial charge is 0.223 e. The predicted molar refractivity (Wildman–Crippen MR) is 82.5 cm³/mol. The van der Waals surface area contributed by atoms with Gasteiger partial charge in [-0.05, 0) is 37.7 Å². The van der Waals surface area contributed by atoms with Crippen molar-refractivity contribution in [3.05, 3.63) is 35.9 Å². The number of benzene rings is 1. The summed E-state index contributed by atoms with van der Waals surface area (Å²) in [7, 11) is 0. The Bertz CT molecular complexity index is 432. The maximum absolute atomic E-state index is 12.5. The average molecular weight is 274 g/mol. The normalized spacial score (nSPS) is 24.4. The lowest BCUT2D eigenvalue weighted by Crippen LogP contribution is -2.48. The summed E-state index contributed by atoms with van der Waals surface area (Å²) >= 11 is 0. The van der Waals surface area contributed by atoms with Crippen molar-refractivity contribution in [2.24, 2.45) is 5.73 Å². The Balaban J connectivity index is 1.99. The van der Waals surface area contributed by atoms with Crippen LogP contribution in [-0.4, -0.2) is 29.4 Å². The zero-order valence-electron chi connectivity index (χ0n) is 12.6. The van der Waals surface area contributed by atoms with E-state index in [1.54, 1.807) is 0 Å². The third-order valence-electron chi connectivity index (χ3n) is 4.42. The molecule has 3 nitrogen and oxygen atoms in total. The molecule has 0 aromatic heterocycles. The van der Waals surface area contributed by atoms with Crippen LogP contribution in [0.3, 0.4) is 0 Å². The van der Waals surface area contributed by atoms with Gasteiger partial charge in [0.1, 0.15) is 0 Å². The number of likely N-dealkylation sites (tertiary alicyclic amines) is 1. The topological polar surface area (TPSA) is 46.3 Å². The highest BCUT2D eigenvalue weighted by Gasteiger charge is 2.28. The molecule has 3 atom stereocenters. The molecule has 3 heteroatoms. The zero-order valence-corrected chi connectivity index (χ0v) is 12.6. The quantitative estimate of drug-likeness (QED) is 0.917. The summed E-state index contributed by atoms with van der Waals surface area (Å²) in [5, 5.41) is 0. The van der Waals surface area contributed by atoms with Gasteiger partial charge in [-0.25, -0.2) is 0 Å². The molecule has 0 aliphatic carbocycles. The third-order valence-corrected chi connectivity index (χ3v) is 4.42. The Labute approximate surface area is 122 Å². The van der Waals surface area contributed by atoms with Crippen LogP contribution in [0.25, 0.3) is 0 Å². The molecule has 1 amide bonds. The van der Waals surface area contributed by atoms with Crippen LogP contribution in [0.5, 0.6) is 0 Å². The molecule has 20 heavy (non-hydrogen) atoms. The summed E-state index contributed by atoms with van der Waals surface area (Å²) in [6, 6.07) is 10.9. The zero-order chi connectivity index (χ0) is 14.5. The molecule has 2 rings (SSSR count). The van der Waals surface area contributed by atoms with E-state index < -0.39 is 0 Å². The summed E-state index contributed by atoms with van der Waals surface area (Å²) in [5.41, 5.74) is 7.24. The van der Waals surface area contributed by atoms with Crippen molar-refractivity contribution in [1.29, 1.82) is 0 Å². The first kappa shape index (κ1) is 15.0. The highest BCUT2D eigenvalue weighted by atomic mass is 16.2. The number of hydrogen-bond donors (Lipinski definition) is 1. The first-order chi connectivity index (χ1) is 9.61. The van der Waals surface area contributed by atoms with E-state index in [1.165, 1.54) is 5.56 Å². The molecular weight excluding hydrogens is 248 g/mol. The standard InChI is InChI=1S/C17H26N2O/c1-3-14(15-7-5-4-6-8-15)12-17(20)19-10-9-16(18)11-13(19)2/h4-8,13-14,16H,3,9-12,18H2,1-2H3/t13-,14-,16+/m1/s1. The van der Waals surface area contributed by atoms with Crippen LogP contribution < -0.4 is 5.73 Å². The van der Waals surface area contributed by atoms with Crippen molar-refractivity contribution in [2.75, 3.05) is 6.54 Å². The Morgan fingerprint density at radius 1 is 1.40 bits per heavy atom. The number of nitrogens with two attached hydrogens (primary N) is 1. The van der Waals surface area contributed by atoms with Crippen LogP contribution in [-0.2, 0) is 4.79 Å². The Kier molecular flexibility index (Phi) is 5.18. The molecule has 2 N–H and O–H groups in total. The van der Waals surface area contributed by atoms with E-state index in [9.17, 15) is 4.79 Å². The van der Waals surface area contributed by atoms with Crippen molar-refractivity contribution in [3.8, 4) is 0 Å². The largest absolute Gasteiger partial charge is 0.340 e. The Hall–Kier alpha value is -1.35. The summed E-state index contributed by atoms with van der Waals surface area (Å²) in [6.45, 7) is 5.08. The van der Waals surface area contributed by atoms with Gasteiger partial charge in [-0.15, -0.1) is 0 Å². The summed E-state index contributed by atoms with van der Waals surface area (Å²) < 4.78 is 0. The maximum Gasteiger partial charge on any atom is 0.223 e. The van der Waals surface area contributed by atoms with Gasteiger partial charge in [0, 0.05) is 25.0 Å². The van der Waals surface area contributed by atoms with Gasteiger partial charge in [0.25, 0.3) is 0 Å². The number of hydrogen-bond acceptors (Lipinski definition) is 2. The first-order valence-electron chi connectivity index (χ1n) is 7.71. The number of carbonyl (C=O) groups excluding carboxylic acids is 1. The highest BCUT2D eigenvalue weighted by Crippen LogP contribution is 2.26. The van der Waals surface area contributed by atoms with E-state index in [2.05, 4.69) is 26.0 Å². The fourth-order valence-corrected chi connectivity index (χ4v) is 3.13. The number of rotatable bonds is 4. The van der Waals surface area contributed by atoms with Crippen LogP contribution in [0.15, 0.2) is 30.3 Å². The molecule has 0 spiro atoms. The molecule has 1 heterocycles. The summed E-state index contributed by atoms with van der Waals surface area (Å²) in [4.78, 5) is 14.6. The molecule has 1 aromatic rings. The van der Waals surface area contributed by atoms with Crippen molar-refractivity contribution < 1.29 is 4.79 Å².